The Morgan fingerprint density at radius 1 is 1.11 bits per heavy atom. The summed E-state index contributed by atoms with van der Waals surface area (Å²) in [6.45, 7) is 2.32. The molecule has 7 heteroatoms. The zero-order chi connectivity index (χ0) is 24.4. The molecule has 3 heterocycles. The summed E-state index contributed by atoms with van der Waals surface area (Å²) in [7, 11) is 3.97. The molecule has 1 N–H and O–H groups in total. The molecule has 7 nitrogen and oxygen atoms in total. The van der Waals surface area contributed by atoms with Crippen LogP contribution in [-0.2, 0) is 29.4 Å². The number of nitrogens with zero attached hydrogens (tertiary/aromatic N) is 3. The molecule has 2 aromatic heterocycles. The van der Waals surface area contributed by atoms with Crippen LogP contribution in [0.2, 0.25) is 0 Å². The van der Waals surface area contributed by atoms with Crippen LogP contribution in [-0.4, -0.2) is 52.8 Å². The van der Waals surface area contributed by atoms with Crippen LogP contribution in [0.5, 0.6) is 0 Å². The molecule has 0 unspecified atom stereocenters. The second-order valence-corrected chi connectivity index (χ2v) is 10.1. The van der Waals surface area contributed by atoms with Crippen molar-refractivity contribution < 1.29 is 14.3 Å². The molecule has 5 rings (SSSR count). The topological polar surface area (TPSA) is 68.5 Å². The van der Waals surface area contributed by atoms with E-state index in [-0.39, 0.29) is 11.8 Å². The van der Waals surface area contributed by atoms with Crippen molar-refractivity contribution in [3.63, 3.8) is 0 Å². The molecule has 2 amide bonds. The lowest BCUT2D eigenvalue weighted by atomic mass is 9.75. The van der Waals surface area contributed by atoms with Gasteiger partial charge in [-0.15, -0.1) is 0 Å². The first-order valence-electron chi connectivity index (χ1n) is 12.9. The Bertz CT molecular complexity index is 1190. The molecule has 1 atom stereocenters. The summed E-state index contributed by atoms with van der Waals surface area (Å²) in [6, 6.07) is 9.86. The largest absolute Gasteiger partial charge is 0.381 e. The average Bonchev–Trinajstić information content (AvgIpc) is 3.49. The van der Waals surface area contributed by atoms with Gasteiger partial charge in [0.2, 0.25) is 5.91 Å². The van der Waals surface area contributed by atoms with Crippen LogP contribution in [0.1, 0.15) is 53.7 Å². The molecule has 1 aromatic carbocycles. The second-order valence-electron chi connectivity index (χ2n) is 10.1. The Balaban J connectivity index is 1.25. The van der Waals surface area contributed by atoms with Gasteiger partial charge >= 0.3 is 0 Å². The van der Waals surface area contributed by atoms with Gasteiger partial charge in [-0.2, -0.15) is 0 Å². The number of aryl methyl sites for hydroxylation is 1. The number of nitrogens with one attached hydrogen (secondary N) is 1. The van der Waals surface area contributed by atoms with E-state index in [0.717, 1.165) is 37.5 Å². The highest BCUT2D eigenvalue weighted by Crippen LogP contribution is 2.39. The van der Waals surface area contributed by atoms with Crippen LogP contribution >= 0.6 is 0 Å². The summed E-state index contributed by atoms with van der Waals surface area (Å²) in [5.41, 5.74) is 7.59. The van der Waals surface area contributed by atoms with Crippen LogP contribution in [0.4, 0.5) is 0 Å². The van der Waals surface area contributed by atoms with Crippen molar-refractivity contribution >= 4 is 22.7 Å². The van der Waals surface area contributed by atoms with Gasteiger partial charge in [0, 0.05) is 74.8 Å². The molecular formula is C28H36N4O3. The number of benzene rings is 1. The van der Waals surface area contributed by atoms with Crippen molar-refractivity contribution in [2.24, 2.45) is 18.9 Å². The Kier molecular flexibility index (Phi) is 6.95. The number of rotatable bonds is 7. The zero-order valence-electron chi connectivity index (χ0n) is 20.8. The van der Waals surface area contributed by atoms with E-state index in [1.807, 2.05) is 25.2 Å². The minimum Gasteiger partial charge on any atom is -0.381 e. The van der Waals surface area contributed by atoms with Gasteiger partial charge < -0.3 is 14.2 Å². The second kappa shape index (κ2) is 10.3. The third-order valence-electron chi connectivity index (χ3n) is 7.94. The number of aromatic nitrogens is 2. The first-order valence-corrected chi connectivity index (χ1v) is 12.9. The molecule has 1 aliphatic carbocycles. The number of carbonyl (C=O) groups is 2. The minimum atomic E-state index is -0.0570. The molecule has 0 radical (unpaired) electrons. The van der Waals surface area contributed by atoms with E-state index in [2.05, 4.69) is 29.2 Å². The predicted molar refractivity (Wildman–Crippen MR) is 137 cm³/mol. The van der Waals surface area contributed by atoms with Crippen molar-refractivity contribution in [2.45, 2.75) is 44.9 Å². The molecule has 0 saturated carbocycles. The number of ether oxygens (including phenoxy) is 1. The Labute approximate surface area is 207 Å². The highest BCUT2D eigenvalue weighted by molar-refractivity contribution is 5.99. The van der Waals surface area contributed by atoms with Gasteiger partial charge in [0.05, 0.1) is 0 Å². The number of amides is 2. The van der Waals surface area contributed by atoms with Gasteiger partial charge in [-0.1, -0.05) is 0 Å². The van der Waals surface area contributed by atoms with E-state index < -0.39 is 0 Å². The molecule has 2 aliphatic rings. The molecule has 35 heavy (non-hydrogen) atoms. The van der Waals surface area contributed by atoms with E-state index in [9.17, 15) is 9.59 Å². The summed E-state index contributed by atoms with van der Waals surface area (Å²) in [5, 5.41) is 1.23. The Morgan fingerprint density at radius 3 is 2.66 bits per heavy atom. The third-order valence-corrected chi connectivity index (χ3v) is 7.94. The highest BCUT2D eigenvalue weighted by Gasteiger charge is 2.31. The standard InChI is InChI=1S/C28H36N4O3/c1-30(13-5-6-27(33)29-32-14-3-4-15-32)28(34)22-8-10-26-24(19-22)23-18-21(7-9-25(23)31(26)2)20-11-16-35-17-12-20/h3-4,8,10,14-15,19-21H,5-7,9,11-13,16-18H2,1-2H3,(H,29,33)/t21-/m1/s1. The van der Waals surface area contributed by atoms with Crippen LogP contribution < -0.4 is 5.43 Å². The molecule has 1 saturated heterocycles. The normalized spacial score (nSPS) is 18.4. The van der Waals surface area contributed by atoms with Gasteiger partial charge in [-0.05, 0) is 86.3 Å². The van der Waals surface area contributed by atoms with E-state index in [4.69, 9.17) is 4.74 Å². The molecule has 0 bridgehead atoms. The number of hydrogen-bond acceptors (Lipinski definition) is 3. The van der Waals surface area contributed by atoms with Crippen molar-refractivity contribution in [1.82, 2.24) is 14.1 Å². The monoisotopic (exact) mass is 476 g/mol. The first-order chi connectivity index (χ1) is 17.0. The average molecular weight is 477 g/mol. The first kappa shape index (κ1) is 23.7. The molecule has 186 valence electrons. The quantitative estimate of drug-likeness (QED) is 0.557. The fourth-order valence-electron chi connectivity index (χ4n) is 5.94. The van der Waals surface area contributed by atoms with Gasteiger partial charge in [-0.3, -0.25) is 19.7 Å². The summed E-state index contributed by atoms with van der Waals surface area (Å²) in [5.74, 6) is 1.40. The Morgan fingerprint density at radius 2 is 1.89 bits per heavy atom. The van der Waals surface area contributed by atoms with E-state index >= 15 is 0 Å². The van der Waals surface area contributed by atoms with Crippen LogP contribution in [0.3, 0.4) is 0 Å². The minimum absolute atomic E-state index is 0.00658. The van der Waals surface area contributed by atoms with Crippen LogP contribution in [0, 0.1) is 11.8 Å². The maximum absolute atomic E-state index is 13.2. The maximum atomic E-state index is 13.2. The van der Waals surface area contributed by atoms with E-state index in [1.54, 1.807) is 22.0 Å². The highest BCUT2D eigenvalue weighted by atomic mass is 16.5. The van der Waals surface area contributed by atoms with Gasteiger partial charge in [-0.25, -0.2) is 0 Å². The fraction of sp³-hybridized carbons (Fsp3) is 0.500. The van der Waals surface area contributed by atoms with Crippen molar-refractivity contribution in [2.75, 3.05) is 32.2 Å². The lowest BCUT2D eigenvalue weighted by molar-refractivity contribution is -0.117. The smallest absolute Gasteiger partial charge is 0.253 e. The predicted octanol–water partition coefficient (Wildman–Crippen LogP) is 4.13. The van der Waals surface area contributed by atoms with Crippen molar-refractivity contribution in [3.05, 3.63) is 59.5 Å². The molecule has 0 spiro atoms. The summed E-state index contributed by atoms with van der Waals surface area (Å²) >= 11 is 0. The SMILES string of the molecule is CN(CCCC(=O)Nn1cccc1)C(=O)c1ccc2c(c1)c1c(n2C)CC[C@@H](C2CCOCC2)C1. The Hall–Kier alpha value is -3.06. The van der Waals surface area contributed by atoms with Crippen LogP contribution in [0.25, 0.3) is 10.9 Å². The third kappa shape index (κ3) is 5.01. The van der Waals surface area contributed by atoms with E-state index in [1.165, 1.54) is 41.4 Å². The van der Waals surface area contributed by atoms with Crippen molar-refractivity contribution in [1.29, 1.82) is 0 Å². The summed E-state index contributed by atoms with van der Waals surface area (Å²) in [4.78, 5) is 27.0. The molecule has 1 aliphatic heterocycles. The molecular weight excluding hydrogens is 440 g/mol. The zero-order valence-corrected chi connectivity index (χ0v) is 20.8. The number of carbonyl (C=O) groups excluding carboxylic acids is 2. The van der Waals surface area contributed by atoms with Gasteiger partial charge in [0.15, 0.2) is 0 Å². The van der Waals surface area contributed by atoms with Crippen LogP contribution in [0.15, 0.2) is 42.7 Å². The summed E-state index contributed by atoms with van der Waals surface area (Å²) in [6.07, 6.45) is 10.4. The summed E-state index contributed by atoms with van der Waals surface area (Å²) < 4.78 is 9.56. The van der Waals surface area contributed by atoms with Gasteiger partial charge in [0.25, 0.3) is 5.91 Å². The molecule has 3 aromatic rings. The number of hydrogen-bond donors (Lipinski definition) is 1. The maximum Gasteiger partial charge on any atom is 0.253 e. The fourth-order valence-corrected chi connectivity index (χ4v) is 5.94. The lowest BCUT2D eigenvalue weighted by Crippen LogP contribution is -2.29. The van der Waals surface area contributed by atoms with Crippen molar-refractivity contribution in [3.8, 4) is 0 Å². The lowest BCUT2D eigenvalue weighted by Gasteiger charge is -2.33. The number of fused-ring (bicyclic) bond motifs is 3. The van der Waals surface area contributed by atoms with Gasteiger partial charge in [0.1, 0.15) is 0 Å². The van der Waals surface area contributed by atoms with E-state index in [0.29, 0.717) is 25.3 Å². The molecule has 1 fully saturated rings.